The first-order chi connectivity index (χ1) is 10.2. The van der Waals surface area contributed by atoms with E-state index in [4.69, 9.17) is 14.2 Å². The molecule has 0 saturated heterocycles. The Kier molecular flexibility index (Phi) is 5.21. The number of hydrogen-bond acceptors (Lipinski definition) is 4. The Morgan fingerprint density at radius 2 is 1.71 bits per heavy atom. The summed E-state index contributed by atoms with van der Waals surface area (Å²) < 4.78 is 16.2. The SMILES string of the molecule is CCCC[C@@H]1C[C@H]1N(C)c1cc(OC)c(OC)c(OC)c1. The molecule has 118 valence electrons. The highest BCUT2D eigenvalue weighted by Crippen LogP contribution is 2.45. The van der Waals surface area contributed by atoms with E-state index in [1.165, 1.54) is 25.7 Å². The summed E-state index contributed by atoms with van der Waals surface area (Å²) in [5, 5.41) is 0. The molecule has 21 heavy (non-hydrogen) atoms. The van der Waals surface area contributed by atoms with Crippen molar-refractivity contribution in [2.75, 3.05) is 33.3 Å². The Balaban J connectivity index is 2.16. The fourth-order valence-corrected chi connectivity index (χ4v) is 2.94. The second kappa shape index (κ2) is 6.92. The largest absolute Gasteiger partial charge is 0.493 e. The molecule has 1 aromatic carbocycles. The van der Waals surface area contributed by atoms with Crippen LogP contribution in [0.1, 0.15) is 32.6 Å². The van der Waals surface area contributed by atoms with Gasteiger partial charge in [-0.3, -0.25) is 0 Å². The fraction of sp³-hybridized carbons (Fsp3) is 0.647. The second-order valence-corrected chi connectivity index (χ2v) is 5.70. The van der Waals surface area contributed by atoms with Crippen LogP contribution in [0.4, 0.5) is 5.69 Å². The lowest BCUT2D eigenvalue weighted by Crippen LogP contribution is -2.21. The maximum Gasteiger partial charge on any atom is 0.203 e. The van der Waals surface area contributed by atoms with Crippen LogP contribution in [0.5, 0.6) is 17.2 Å². The van der Waals surface area contributed by atoms with E-state index < -0.39 is 0 Å². The Bertz CT molecular complexity index is 450. The smallest absolute Gasteiger partial charge is 0.203 e. The van der Waals surface area contributed by atoms with Gasteiger partial charge in [0.2, 0.25) is 5.75 Å². The van der Waals surface area contributed by atoms with Crippen molar-refractivity contribution in [3.63, 3.8) is 0 Å². The predicted molar refractivity (Wildman–Crippen MR) is 85.9 cm³/mol. The van der Waals surface area contributed by atoms with Crippen molar-refractivity contribution >= 4 is 5.69 Å². The summed E-state index contributed by atoms with van der Waals surface area (Å²) in [6, 6.07) is 4.69. The third-order valence-corrected chi connectivity index (χ3v) is 4.37. The zero-order chi connectivity index (χ0) is 15.4. The first-order valence-electron chi connectivity index (χ1n) is 7.69. The van der Waals surface area contributed by atoms with Crippen LogP contribution in [-0.4, -0.2) is 34.4 Å². The molecule has 0 aliphatic heterocycles. The molecule has 1 aliphatic carbocycles. The molecule has 1 fully saturated rings. The molecular weight excluding hydrogens is 266 g/mol. The average Bonchev–Trinajstić information content (AvgIpc) is 3.30. The topological polar surface area (TPSA) is 30.9 Å². The predicted octanol–water partition coefficient (Wildman–Crippen LogP) is 3.73. The van der Waals surface area contributed by atoms with Crippen LogP contribution < -0.4 is 19.1 Å². The van der Waals surface area contributed by atoms with Gasteiger partial charge in [-0.05, 0) is 18.8 Å². The van der Waals surface area contributed by atoms with E-state index in [-0.39, 0.29) is 0 Å². The van der Waals surface area contributed by atoms with E-state index in [0.29, 0.717) is 23.3 Å². The lowest BCUT2D eigenvalue weighted by Gasteiger charge is -2.22. The number of ether oxygens (including phenoxy) is 3. The van der Waals surface area contributed by atoms with Gasteiger partial charge in [0.1, 0.15) is 0 Å². The summed E-state index contributed by atoms with van der Waals surface area (Å²) in [5.74, 6) is 2.90. The van der Waals surface area contributed by atoms with Crippen molar-refractivity contribution in [1.29, 1.82) is 0 Å². The van der Waals surface area contributed by atoms with Crippen molar-refractivity contribution < 1.29 is 14.2 Å². The standard InChI is InChI=1S/C17H27NO3/c1-6-7-8-12-9-14(12)18(2)13-10-15(19-3)17(21-5)16(11-13)20-4/h10-12,14H,6-9H2,1-5H3/t12-,14-/m1/s1. The van der Waals surface area contributed by atoms with Crippen molar-refractivity contribution in [2.24, 2.45) is 5.92 Å². The van der Waals surface area contributed by atoms with Crippen LogP contribution >= 0.6 is 0 Å². The quantitative estimate of drug-likeness (QED) is 0.731. The van der Waals surface area contributed by atoms with Gasteiger partial charge in [0, 0.05) is 30.9 Å². The maximum absolute atomic E-state index is 5.43. The number of unbranched alkanes of at least 4 members (excludes halogenated alkanes) is 1. The van der Waals surface area contributed by atoms with Gasteiger partial charge in [-0.1, -0.05) is 19.8 Å². The molecule has 2 rings (SSSR count). The van der Waals surface area contributed by atoms with E-state index in [0.717, 1.165) is 11.6 Å². The number of hydrogen-bond donors (Lipinski definition) is 0. The highest BCUT2D eigenvalue weighted by atomic mass is 16.5. The van der Waals surface area contributed by atoms with E-state index in [1.54, 1.807) is 21.3 Å². The lowest BCUT2D eigenvalue weighted by molar-refractivity contribution is 0.324. The molecule has 4 nitrogen and oxygen atoms in total. The third-order valence-electron chi connectivity index (χ3n) is 4.37. The van der Waals surface area contributed by atoms with Gasteiger partial charge in [-0.15, -0.1) is 0 Å². The Labute approximate surface area is 128 Å². The molecular formula is C17H27NO3. The number of benzene rings is 1. The van der Waals surface area contributed by atoms with Crippen LogP contribution in [0.2, 0.25) is 0 Å². The van der Waals surface area contributed by atoms with Gasteiger partial charge in [0.05, 0.1) is 21.3 Å². The summed E-state index contributed by atoms with van der Waals surface area (Å²) in [7, 11) is 7.09. The number of methoxy groups -OCH3 is 3. The molecule has 2 atom stereocenters. The molecule has 0 N–H and O–H groups in total. The molecule has 0 radical (unpaired) electrons. The molecule has 0 spiro atoms. The van der Waals surface area contributed by atoms with Crippen LogP contribution in [-0.2, 0) is 0 Å². The van der Waals surface area contributed by atoms with E-state index in [1.807, 2.05) is 12.1 Å². The Hall–Kier alpha value is -1.58. The second-order valence-electron chi connectivity index (χ2n) is 5.70. The maximum atomic E-state index is 5.43. The van der Waals surface area contributed by atoms with E-state index in [9.17, 15) is 0 Å². The highest BCUT2D eigenvalue weighted by Gasteiger charge is 2.39. The van der Waals surface area contributed by atoms with Crippen LogP contribution in [0.25, 0.3) is 0 Å². The van der Waals surface area contributed by atoms with E-state index >= 15 is 0 Å². The minimum atomic E-state index is 0.638. The first kappa shape index (κ1) is 15.8. The summed E-state index contributed by atoms with van der Waals surface area (Å²) >= 11 is 0. The number of nitrogens with zero attached hydrogens (tertiary/aromatic N) is 1. The minimum absolute atomic E-state index is 0.638. The monoisotopic (exact) mass is 293 g/mol. The van der Waals surface area contributed by atoms with Gasteiger partial charge in [0.15, 0.2) is 11.5 Å². The summed E-state index contributed by atoms with van der Waals surface area (Å²) in [6.45, 7) is 2.25. The van der Waals surface area contributed by atoms with Crippen LogP contribution in [0.15, 0.2) is 12.1 Å². The zero-order valence-electron chi connectivity index (χ0n) is 13.8. The zero-order valence-corrected chi connectivity index (χ0v) is 13.8. The van der Waals surface area contributed by atoms with Gasteiger partial charge in [-0.25, -0.2) is 0 Å². The minimum Gasteiger partial charge on any atom is -0.493 e. The van der Waals surface area contributed by atoms with Gasteiger partial charge < -0.3 is 19.1 Å². The van der Waals surface area contributed by atoms with E-state index in [2.05, 4.69) is 18.9 Å². The third kappa shape index (κ3) is 3.36. The summed E-state index contributed by atoms with van der Waals surface area (Å²) in [4.78, 5) is 2.34. The lowest BCUT2D eigenvalue weighted by atomic mass is 10.2. The molecule has 1 aliphatic rings. The highest BCUT2D eigenvalue weighted by molar-refractivity contribution is 5.64. The van der Waals surface area contributed by atoms with Crippen molar-refractivity contribution in [3.05, 3.63) is 12.1 Å². The normalized spacial score (nSPS) is 20.0. The van der Waals surface area contributed by atoms with Crippen LogP contribution in [0, 0.1) is 5.92 Å². The van der Waals surface area contributed by atoms with Crippen molar-refractivity contribution in [2.45, 2.75) is 38.6 Å². The molecule has 0 unspecified atom stereocenters. The van der Waals surface area contributed by atoms with Crippen molar-refractivity contribution in [1.82, 2.24) is 0 Å². The average molecular weight is 293 g/mol. The van der Waals surface area contributed by atoms with Crippen molar-refractivity contribution in [3.8, 4) is 17.2 Å². The first-order valence-corrected chi connectivity index (χ1v) is 7.69. The molecule has 1 saturated carbocycles. The fourth-order valence-electron chi connectivity index (χ4n) is 2.94. The van der Waals surface area contributed by atoms with Gasteiger partial charge in [0.25, 0.3) is 0 Å². The molecule has 0 aromatic heterocycles. The molecule has 0 heterocycles. The van der Waals surface area contributed by atoms with Gasteiger partial charge >= 0.3 is 0 Å². The van der Waals surface area contributed by atoms with Crippen LogP contribution in [0.3, 0.4) is 0 Å². The number of anilines is 1. The molecule has 1 aromatic rings. The summed E-state index contributed by atoms with van der Waals surface area (Å²) in [5.41, 5.74) is 1.12. The molecule has 0 amide bonds. The Morgan fingerprint density at radius 3 is 2.19 bits per heavy atom. The Morgan fingerprint density at radius 1 is 1.10 bits per heavy atom. The molecule has 0 bridgehead atoms. The summed E-state index contributed by atoms with van der Waals surface area (Å²) in [6.07, 6.45) is 5.21. The number of rotatable bonds is 8. The van der Waals surface area contributed by atoms with Gasteiger partial charge in [-0.2, -0.15) is 0 Å². The molecule has 4 heteroatoms.